The number of hydrogen-bond donors (Lipinski definition) is 1. The van der Waals surface area contributed by atoms with Gasteiger partial charge in [-0.25, -0.2) is 0 Å². The van der Waals surface area contributed by atoms with Crippen LogP contribution in [0.5, 0.6) is 11.5 Å². The molecule has 0 fully saturated rings. The number of fused-ring (bicyclic) bond motifs is 2. The first-order valence-corrected chi connectivity index (χ1v) is 8.26. The van der Waals surface area contributed by atoms with Gasteiger partial charge >= 0.3 is 0 Å². The molecule has 128 valence electrons. The van der Waals surface area contributed by atoms with Crippen molar-refractivity contribution in [3.05, 3.63) is 53.6 Å². The zero-order chi connectivity index (χ0) is 17.4. The largest absolute Gasteiger partial charge is 0.485 e. The summed E-state index contributed by atoms with van der Waals surface area (Å²) in [7, 11) is 0. The SMILES string of the molecule is NC(=O)c1cccc2c1CCCN2C(=O)[C@@H]1COc2ccccc2O1. The normalized spacial score (nSPS) is 18.4. The van der Waals surface area contributed by atoms with Gasteiger partial charge in [0.1, 0.15) is 6.61 Å². The van der Waals surface area contributed by atoms with Gasteiger partial charge in [-0.15, -0.1) is 0 Å². The second kappa shape index (κ2) is 6.12. The highest BCUT2D eigenvalue weighted by atomic mass is 16.6. The molecule has 0 aromatic heterocycles. The number of nitrogens with two attached hydrogens (primary N) is 1. The van der Waals surface area contributed by atoms with E-state index in [1.807, 2.05) is 24.3 Å². The molecule has 2 aliphatic rings. The molecule has 6 nitrogen and oxygen atoms in total. The standard InChI is InChI=1S/C19H18N2O4/c20-18(22)13-5-3-7-14-12(13)6-4-10-21(14)19(23)17-11-24-15-8-1-2-9-16(15)25-17/h1-3,5,7-9,17H,4,6,10-11H2,(H2,20,22)/t17-/m0/s1. The Morgan fingerprint density at radius 1 is 1.08 bits per heavy atom. The monoisotopic (exact) mass is 338 g/mol. The summed E-state index contributed by atoms with van der Waals surface area (Å²) >= 11 is 0. The van der Waals surface area contributed by atoms with Crippen LogP contribution in [0, 0.1) is 0 Å². The van der Waals surface area contributed by atoms with E-state index in [1.165, 1.54) is 0 Å². The van der Waals surface area contributed by atoms with Gasteiger partial charge in [0.05, 0.1) is 0 Å². The number of benzene rings is 2. The highest BCUT2D eigenvalue weighted by Crippen LogP contribution is 2.34. The van der Waals surface area contributed by atoms with E-state index in [-0.39, 0.29) is 12.5 Å². The van der Waals surface area contributed by atoms with E-state index in [0.29, 0.717) is 23.6 Å². The van der Waals surface area contributed by atoms with Crippen LogP contribution in [0.15, 0.2) is 42.5 Å². The Kier molecular flexibility index (Phi) is 3.80. The molecule has 2 heterocycles. The van der Waals surface area contributed by atoms with Crippen molar-refractivity contribution in [3.8, 4) is 11.5 Å². The number of primary amides is 1. The Labute approximate surface area is 145 Å². The van der Waals surface area contributed by atoms with Gasteiger partial charge in [0.15, 0.2) is 11.5 Å². The summed E-state index contributed by atoms with van der Waals surface area (Å²) in [6.07, 6.45) is 0.786. The van der Waals surface area contributed by atoms with Crippen LogP contribution in [0.1, 0.15) is 22.3 Å². The maximum Gasteiger partial charge on any atom is 0.271 e. The summed E-state index contributed by atoms with van der Waals surface area (Å²) in [6, 6.07) is 12.6. The van der Waals surface area contributed by atoms with Crippen LogP contribution in [0.4, 0.5) is 5.69 Å². The summed E-state index contributed by atoms with van der Waals surface area (Å²) < 4.78 is 11.5. The number of rotatable bonds is 2. The predicted molar refractivity (Wildman–Crippen MR) is 92.0 cm³/mol. The van der Waals surface area contributed by atoms with Crippen molar-refractivity contribution in [3.63, 3.8) is 0 Å². The number of amides is 2. The lowest BCUT2D eigenvalue weighted by Gasteiger charge is -2.34. The van der Waals surface area contributed by atoms with Crippen LogP contribution >= 0.6 is 0 Å². The first-order valence-electron chi connectivity index (χ1n) is 8.26. The van der Waals surface area contributed by atoms with E-state index in [9.17, 15) is 9.59 Å². The quantitative estimate of drug-likeness (QED) is 0.907. The lowest BCUT2D eigenvalue weighted by molar-refractivity contribution is -0.127. The Bertz CT molecular complexity index is 849. The third kappa shape index (κ3) is 2.69. The number of nitrogens with zero attached hydrogens (tertiary/aromatic N) is 1. The Balaban J connectivity index is 1.63. The smallest absolute Gasteiger partial charge is 0.271 e. The molecular weight excluding hydrogens is 320 g/mol. The second-order valence-corrected chi connectivity index (χ2v) is 6.13. The molecule has 2 aliphatic heterocycles. The first-order chi connectivity index (χ1) is 12.1. The molecule has 2 N–H and O–H groups in total. The van der Waals surface area contributed by atoms with Gasteiger partial charge in [-0.1, -0.05) is 18.2 Å². The van der Waals surface area contributed by atoms with Gasteiger partial charge in [-0.3, -0.25) is 9.59 Å². The predicted octanol–water partition coefficient (Wildman–Crippen LogP) is 1.90. The van der Waals surface area contributed by atoms with Gasteiger partial charge in [-0.2, -0.15) is 0 Å². The lowest BCUT2D eigenvalue weighted by atomic mass is 9.95. The molecule has 0 bridgehead atoms. The summed E-state index contributed by atoms with van der Waals surface area (Å²) in [6.45, 7) is 0.743. The Hall–Kier alpha value is -3.02. The van der Waals surface area contributed by atoms with Crippen molar-refractivity contribution in [1.29, 1.82) is 0 Å². The third-order valence-electron chi connectivity index (χ3n) is 4.57. The van der Waals surface area contributed by atoms with Crippen LogP contribution in [-0.4, -0.2) is 31.1 Å². The van der Waals surface area contributed by atoms with Crippen molar-refractivity contribution in [2.45, 2.75) is 18.9 Å². The number of ether oxygens (including phenoxy) is 2. The molecule has 0 saturated carbocycles. The van der Waals surface area contributed by atoms with E-state index in [0.717, 1.165) is 24.1 Å². The van der Waals surface area contributed by atoms with Crippen LogP contribution < -0.4 is 20.1 Å². The molecular formula is C19H18N2O4. The number of hydrogen-bond acceptors (Lipinski definition) is 4. The second-order valence-electron chi connectivity index (χ2n) is 6.13. The molecule has 0 unspecified atom stereocenters. The highest BCUT2D eigenvalue weighted by Gasteiger charge is 2.34. The van der Waals surface area contributed by atoms with E-state index in [1.54, 1.807) is 23.1 Å². The molecule has 2 aromatic rings. The van der Waals surface area contributed by atoms with Gasteiger partial charge in [0.2, 0.25) is 12.0 Å². The minimum absolute atomic E-state index is 0.164. The maximum absolute atomic E-state index is 13.0. The number of para-hydroxylation sites is 2. The van der Waals surface area contributed by atoms with Gasteiger partial charge in [0, 0.05) is 17.8 Å². The van der Waals surface area contributed by atoms with Crippen LogP contribution in [-0.2, 0) is 11.2 Å². The van der Waals surface area contributed by atoms with E-state index in [2.05, 4.69) is 0 Å². The number of carbonyl (C=O) groups is 2. The Morgan fingerprint density at radius 3 is 2.68 bits per heavy atom. The topological polar surface area (TPSA) is 81.9 Å². The van der Waals surface area contributed by atoms with Crippen LogP contribution in [0.2, 0.25) is 0 Å². The minimum atomic E-state index is -0.710. The molecule has 2 aromatic carbocycles. The molecule has 1 atom stereocenters. The fraction of sp³-hybridized carbons (Fsp3) is 0.263. The Morgan fingerprint density at radius 2 is 1.88 bits per heavy atom. The maximum atomic E-state index is 13.0. The number of anilines is 1. The molecule has 0 spiro atoms. The van der Waals surface area contributed by atoms with Gasteiger partial charge in [-0.05, 0) is 42.7 Å². The molecule has 2 amide bonds. The molecule has 6 heteroatoms. The van der Waals surface area contributed by atoms with Crippen molar-refractivity contribution >= 4 is 17.5 Å². The summed E-state index contributed by atoms with van der Waals surface area (Å²) in [5, 5.41) is 0. The van der Waals surface area contributed by atoms with Gasteiger partial charge in [0.25, 0.3) is 5.91 Å². The summed E-state index contributed by atoms with van der Waals surface area (Å²) in [5.41, 5.74) is 7.50. The lowest BCUT2D eigenvalue weighted by Crippen LogP contribution is -2.48. The van der Waals surface area contributed by atoms with E-state index >= 15 is 0 Å². The zero-order valence-corrected chi connectivity index (χ0v) is 13.6. The minimum Gasteiger partial charge on any atom is -0.485 e. The van der Waals surface area contributed by atoms with Crippen molar-refractivity contribution < 1.29 is 19.1 Å². The molecule has 4 rings (SSSR count). The fourth-order valence-corrected chi connectivity index (χ4v) is 3.40. The first kappa shape index (κ1) is 15.5. The fourth-order valence-electron chi connectivity index (χ4n) is 3.40. The van der Waals surface area contributed by atoms with Crippen molar-refractivity contribution in [2.75, 3.05) is 18.1 Å². The van der Waals surface area contributed by atoms with Crippen LogP contribution in [0.25, 0.3) is 0 Å². The molecule has 0 radical (unpaired) electrons. The average Bonchev–Trinajstić information content (AvgIpc) is 2.66. The highest BCUT2D eigenvalue weighted by molar-refractivity contribution is 6.01. The third-order valence-corrected chi connectivity index (χ3v) is 4.57. The van der Waals surface area contributed by atoms with Crippen molar-refractivity contribution in [1.82, 2.24) is 0 Å². The summed E-state index contributed by atoms with van der Waals surface area (Å²) in [4.78, 5) is 26.3. The van der Waals surface area contributed by atoms with Crippen molar-refractivity contribution in [2.24, 2.45) is 5.73 Å². The average molecular weight is 338 g/mol. The number of carbonyl (C=O) groups excluding carboxylic acids is 2. The van der Waals surface area contributed by atoms with E-state index in [4.69, 9.17) is 15.2 Å². The van der Waals surface area contributed by atoms with Crippen LogP contribution in [0.3, 0.4) is 0 Å². The van der Waals surface area contributed by atoms with Gasteiger partial charge < -0.3 is 20.1 Å². The summed E-state index contributed by atoms with van der Waals surface area (Å²) in [5.74, 6) is 0.561. The zero-order valence-electron chi connectivity index (χ0n) is 13.6. The molecule has 0 aliphatic carbocycles. The van der Waals surface area contributed by atoms with E-state index < -0.39 is 12.0 Å². The molecule has 25 heavy (non-hydrogen) atoms. The molecule has 0 saturated heterocycles.